The number of benzene rings is 2. The van der Waals surface area contributed by atoms with E-state index in [9.17, 15) is 9.18 Å². The smallest absolute Gasteiger partial charge is 0.341 e. The fraction of sp³-hybridized carbons (Fsp3) is 0.200. The standard InChI is InChI=1S/C20H18FNO3S/c1-3-24-20(23)17-10-15(18-12-26-13(2)22-18)7-8-19(17)25-11-14-5-4-6-16(21)9-14/h4-10,12H,3,11H2,1-2H3. The van der Waals surface area contributed by atoms with Crippen molar-refractivity contribution in [2.75, 3.05) is 6.61 Å². The maximum absolute atomic E-state index is 13.3. The highest BCUT2D eigenvalue weighted by Gasteiger charge is 2.16. The number of aromatic nitrogens is 1. The van der Waals surface area contributed by atoms with Crippen molar-refractivity contribution in [2.45, 2.75) is 20.5 Å². The van der Waals surface area contributed by atoms with E-state index in [1.807, 2.05) is 18.4 Å². The molecule has 0 fully saturated rings. The fourth-order valence-electron chi connectivity index (χ4n) is 2.47. The van der Waals surface area contributed by atoms with E-state index in [2.05, 4.69) is 4.98 Å². The molecule has 0 aliphatic carbocycles. The second-order valence-corrected chi connectivity index (χ2v) is 6.66. The lowest BCUT2D eigenvalue weighted by Gasteiger charge is -2.12. The number of esters is 1. The number of thiazole rings is 1. The van der Waals surface area contributed by atoms with E-state index < -0.39 is 5.97 Å². The number of aryl methyl sites for hydroxylation is 1. The van der Waals surface area contributed by atoms with Crippen LogP contribution in [-0.2, 0) is 11.3 Å². The first kappa shape index (κ1) is 18.1. The average molecular weight is 371 g/mol. The normalized spacial score (nSPS) is 10.6. The van der Waals surface area contributed by atoms with Gasteiger partial charge in [-0.15, -0.1) is 11.3 Å². The molecule has 0 bridgehead atoms. The molecule has 1 heterocycles. The molecule has 0 saturated heterocycles. The van der Waals surface area contributed by atoms with Crippen molar-refractivity contribution in [3.8, 4) is 17.0 Å². The van der Waals surface area contributed by atoms with Gasteiger partial charge in [0, 0.05) is 10.9 Å². The van der Waals surface area contributed by atoms with Crippen LogP contribution in [0.1, 0.15) is 27.9 Å². The summed E-state index contributed by atoms with van der Waals surface area (Å²) in [6, 6.07) is 11.4. The largest absolute Gasteiger partial charge is 0.488 e. The quantitative estimate of drug-likeness (QED) is 0.571. The van der Waals surface area contributed by atoms with Crippen molar-refractivity contribution < 1.29 is 18.7 Å². The summed E-state index contributed by atoms with van der Waals surface area (Å²) in [6.07, 6.45) is 0. The summed E-state index contributed by atoms with van der Waals surface area (Å²) in [6.45, 7) is 4.09. The fourth-order valence-corrected chi connectivity index (χ4v) is 3.09. The van der Waals surface area contributed by atoms with Gasteiger partial charge in [-0.1, -0.05) is 12.1 Å². The lowest BCUT2D eigenvalue weighted by atomic mass is 10.1. The summed E-state index contributed by atoms with van der Waals surface area (Å²) in [5.74, 6) is -0.398. The highest BCUT2D eigenvalue weighted by atomic mass is 32.1. The van der Waals surface area contributed by atoms with Crippen molar-refractivity contribution in [3.63, 3.8) is 0 Å². The van der Waals surface area contributed by atoms with Crippen LogP contribution in [0, 0.1) is 12.7 Å². The van der Waals surface area contributed by atoms with Crippen LogP contribution in [0.2, 0.25) is 0 Å². The first-order chi connectivity index (χ1) is 12.6. The molecule has 0 saturated carbocycles. The maximum Gasteiger partial charge on any atom is 0.341 e. The highest BCUT2D eigenvalue weighted by molar-refractivity contribution is 7.09. The Labute approximate surface area is 155 Å². The third kappa shape index (κ3) is 4.26. The molecule has 2 aromatic carbocycles. The molecule has 134 valence electrons. The van der Waals surface area contributed by atoms with Crippen molar-refractivity contribution in [2.24, 2.45) is 0 Å². The minimum atomic E-state index is -0.462. The summed E-state index contributed by atoms with van der Waals surface area (Å²) in [7, 11) is 0. The Morgan fingerprint density at radius 3 is 2.77 bits per heavy atom. The summed E-state index contributed by atoms with van der Waals surface area (Å²) >= 11 is 1.54. The maximum atomic E-state index is 13.3. The van der Waals surface area contributed by atoms with Gasteiger partial charge in [0.15, 0.2) is 0 Å². The van der Waals surface area contributed by atoms with Crippen LogP contribution < -0.4 is 4.74 Å². The Morgan fingerprint density at radius 1 is 1.23 bits per heavy atom. The van der Waals surface area contributed by atoms with E-state index in [1.54, 1.807) is 42.5 Å². The first-order valence-corrected chi connectivity index (χ1v) is 9.05. The van der Waals surface area contributed by atoms with Gasteiger partial charge < -0.3 is 9.47 Å². The number of halogens is 1. The zero-order valence-corrected chi connectivity index (χ0v) is 15.3. The van der Waals surface area contributed by atoms with Crippen molar-refractivity contribution >= 4 is 17.3 Å². The SMILES string of the molecule is CCOC(=O)c1cc(-c2csc(C)n2)ccc1OCc1cccc(F)c1. The molecule has 0 spiro atoms. The van der Waals surface area contributed by atoms with Gasteiger partial charge in [0.2, 0.25) is 0 Å². The van der Waals surface area contributed by atoms with Crippen LogP contribution in [0.25, 0.3) is 11.3 Å². The molecule has 0 aliphatic heterocycles. The van der Waals surface area contributed by atoms with Crippen LogP contribution in [0.3, 0.4) is 0 Å². The number of hydrogen-bond donors (Lipinski definition) is 0. The minimum Gasteiger partial charge on any atom is -0.488 e. The Hall–Kier alpha value is -2.73. The summed E-state index contributed by atoms with van der Waals surface area (Å²) < 4.78 is 24.2. The van der Waals surface area contributed by atoms with E-state index in [0.717, 1.165) is 16.3 Å². The number of ether oxygens (including phenoxy) is 2. The van der Waals surface area contributed by atoms with Crippen molar-refractivity contribution in [3.05, 3.63) is 69.8 Å². The van der Waals surface area contributed by atoms with Gasteiger partial charge in [-0.25, -0.2) is 14.2 Å². The van der Waals surface area contributed by atoms with E-state index >= 15 is 0 Å². The molecular formula is C20H18FNO3S. The predicted molar refractivity (Wildman–Crippen MR) is 99.0 cm³/mol. The molecule has 26 heavy (non-hydrogen) atoms. The number of hydrogen-bond acceptors (Lipinski definition) is 5. The molecule has 6 heteroatoms. The second kappa shape index (κ2) is 8.10. The first-order valence-electron chi connectivity index (χ1n) is 8.17. The highest BCUT2D eigenvalue weighted by Crippen LogP contribution is 2.29. The average Bonchev–Trinajstić information content (AvgIpc) is 3.06. The topological polar surface area (TPSA) is 48.4 Å². The van der Waals surface area contributed by atoms with Gasteiger partial charge in [-0.05, 0) is 49.7 Å². The van der Waals surface area contributed by atoms with Crippen LogP contribution in [0.5, 0.6) is 5.75 Å². The molecule has 4 nitrogen and oxygen atoms in total. The Bertz CT molecular complexity index is 923. The molecule has 0 amide bonds. The molecule has 0 radical (unpaired) electrons. The number of rotatable bonds is 6. The van der Waals surface area contributed by atoms with Crippen molar-refractivity contribution in [1.29, 1.82) is 0 Å². The van der Waals surface area contributed by atoms with Gasteiger partial charge in [0.1, 0.15) is 23.7 Å². The number of carbonyl (C=O) groups is 1. The number of carbonyl (C=O) groups excluding carboxylic acids is 1. The monoisotopic (exact) mass is 371 g/mol. The molecule has 0 unspecified atom stereocenters. The van der Waals surface area contributed by atoms with Crippen molar-refractivity contribution in [1.82, 2.24) is 4.98 Å². The van der Waals surface area contributed by atoms with Crippen LogP contribution in [0.15, 0.2) is 47.8 Å². The zero-order chi connectivity index (χ0) is 18.5. The van der Waals surface area contributed by atoms with E-state index in [0.29, 0.717) is 16.9 Å². The van der Waals surface area contributed by atoms with Crippen LogP contribution >= 0.6 is 11.3 Å². The third-order valence-electron chi connectivity index (χ3n) is 3.67. The summed E-state index contributed by atoms with van der Waals surface area (Å²) in [4.78, 5) is 16.8. The van der Waals surface area contributed by atoms with Gasteiger partial charge in [0.05, 0.1) is 17.3 Å². The molecule has 1 aromatic heterocycles. The Kier molecular flexibility index (Phi) is 5.63. The molecular weight excluding hydrogens is 353 g/mol. The van der Waals surface area contributed by atoms with Gasteiger partial charge in [-0.3, -0.25) is 0 Å². The Balaban J connectivity index is 1.89. The predicted octanol–water partition coefficient (Wildman–Crippen LogP) is 5.01. The number of nitrogens with zero attached hydrogens (tertiary/aromatic N) is 1. The van der Waals surface area contributed by atoms with Gasteiger partial charge in [-0.2, -0.15) is 0 Å². The third-order valence-corrected chi connectivity index (χ3v) is 4.45. The van der Waals surface area contributed by atoms with Gasteiger partial charge >= 0.3 is 5.97 Å². The molecule has 0 atom stereocenters. The molecule has 3 rings (SSSR count). The molecule has 0 aliphatic rings. The van der Waals surface area contributed by atoms with E-state index in [-0.39, 0.29) is 19.0 Å². The van der Waals surface area contributed by atoms with E-state index in [4.69, 9.17) is 9.47 Å². The second-order valence-electron chi connectivity index (χ2n) is 5.60. The summed E-state index contributed by atoms with van der Waals surface area (Å²) in [5, 5.41) is 2.89. The zero-order valence-electron chi connectivity index (χ0n) is 14.5. The molecule has 3 aromatic rings. The molecule has 0 N–H and O–H groups in total. The minimum absolute atomic E-state index is 0.152. The Morgan fingerprint density at radius 2 is 2.08 bits per heavy atom. The summed E-state index contributed by atoms with van der Waals surface area (Å²) in [5.41, 5.74) is 2.62. The lowest BCUT2D eigenvalue weighted by Crippen LogP contribution is -2.08. The van der Waals surface area contributed by atoms with E-state index in [1.165, 1.54) is 12.1 Å². The van der Waals surface area contributed by atoms with Crippen LogP contribution in [0.4, 0.5) is 4.39 Å². The van der Waals surface area contributed by atoms with Gasteiger partial charge in [0.25, 0.3) is 0 Å². The lowest BCUT2D eigenvalue weighted by molar-refractivity contribution is 0.0521. The van der Waals surface area contributed by atoms with Crippen LogP contribution in [-0.4, -0.2) is 17.6 Å².